The van der Waals surface area contributed by atoms with Crippen LogP contribution in [-0.4, -0.2) is 32.1 Å². The van der Waals surface area contributed by atoms with Gasteiger partial charge in [-0.1, -0.05) is 19.1 Å². The predicted octanol–water partition coefficient (Wildman–Crippen LogP) is 2.53. The van der Waals surface area contributed by atoms with Crippen molar-refractivity contribution in [2.45, 2.75) is 39.0 Å². The third-order valence-corrected chi connectivity index (χ3v) is 5.72. The van der Waals surface area contributed by atoms with Crippen LogP contribution in [0.2, 0.25) is 0 Å². The van der Waals surface area contributed by atoms with Gasteiger partial charge in [0.25, 0.3) is 0 Å². The normalized spacial score (nSPS) is 12.4. The van der Waals surface area contributed by atoms with Gasteiger partial charge in [0.2, 0.25) is 0 Å². The molecule has 0 spiro atoms. The Morgan fingerprint density at radius 1 is 1.29 bits per heavy atom. The Labute approximate surface area is 126 Å². The van der Waals surface area contributed by atoms with E-state index in [1.165, 1.54) is 6.07 Å². The molecule has 0 saturated carbocycles. The lowest BCUT2D eigenvalue weighted by Crippen LogP contribution is -2.32. The van der Waals surface area contributed by atoms with Crippen LogP contribution in [0.5, 0.6) is 5.75 Å². The molecular formula is C15H24FNO3S. The molecule has 1 aromatic carbocycles. The fourth-order valence-electron chi connectivity index (χ4n) is 1.67. The molecule has 1 aromatic rings. The third-order valence-electron chi connectivity index (χ3n) is 3.15. The molecule has 0 heterocycles. The highest BCUT2D eigenvalue weighted by molar-refractivity contribution is 7.92. The van der Waals surface area contributed by atoms with Crippen molar-refractivity contribution in [2.75, 3.05) is 18.9 Å². The van der Waals surface area contributed by atoms with E-state index in [0.29, 0.717) is 12.1 Å². The zero-order chi connectivity index (χ0) is 16.1. The molecule has 1 rings (SSSR count). The average Bonchev–Trinajstić information content (AvgIpc) is 2.37. The number of para-hydroxylation sites is 1. The largest absolute Gasteiger partial charge is 0.489 e. The van der Waals surface area contributed by atoms with E-state index in [2.05, 4.69) is 5.32 Å². The Bertz CT molecular complexity index is 565. The first-order valence-electron chi connectivity index (χ1n) is 7.02. The van der Waals surface area contributed by atoms with Gasteiger partial charge < -0.3 is 10.1 Å². The van der Waals surface area contributed by atoms with Crippen LogP contribution in [0.15, 0.2) is 18.2 Å². The van der Waals surface area contributed by atoms with Crippen molar-refractivity contribution in [1.82, 2.24) is 5.32 Å². The molecule has 120 valence electrons. The summed E-state index contributed by atoms with van der Waals surface area (Å²) in [5.41, 5.74) is 0.685. The van der Waals surface area contributed by atoms with Gasteiger partial charge in [0.15, 0.2) is 21.4 Å². The third kappa shape index (κ3) is 4.97. The Morgan fingerprint density at radius 3 is 2.52 bits per heavy atom. The van der Waals surface area contributed by atoms with E-state index in [9.17, 15) is 12.8 Å². The number of sulfone groups is 1. The van der Waals surface area contributed by atoms with Crippen molar-refractivity contribution in [3.05, 3.63) is 29.6 Å². The van der Waals surface area contributed by atoms with Crippen LogP contribution in [0, 0.1) is 5.82 Å². The first-order chi connectivity index (χ1) is 9.69. The topological polar surface area (TPSA) is 55.4 Å². The van der Waals surface area contributed by atoms with Crippen molar-refractivity contribution < 1.29 is 17.5 Å². The highest BCUT2D eigenvalue weighted by atomic mass is 32.2. The number of hydrogen-bond donors (Lipinski definition) is 1. The summed E-state index contributed by atoms with van der Waals surface area (Å²) in [6, 6.07) is 4.68. The summed E-state index contributed by atoms with van der Waals surface area (Å²) in [4.78, 5) is 0. The summed E-state index contributed by atoms with van der Waals surface area (Å²) >= 11 is 0. The van der Waals surface area contributed by atoms with E-state index in [1.807, 2.05) is 6.92 Å². The van der Waals surface area contributed by atoms with Gasteiger partial charge in [-0.3, -0.25) is 0 Å². The van der Waals surface area contributed by atoms with Gasteiger partial charge >= 0.3 is 0 Å². The van der Waals surface area contributed by atoms with Crippen LogP contribution in [0.3, 0.4) is 0 Å². The van der Waals surface area contributed by atoms with Gasteiger partial charge in [-0.25, -0.2) is 12.8 Å². The van der Waals surface area contributed by atoms with Crippen LogP contribution in [0.1, 0.15) is 33.3 Å². The Balaban J connectivity index is 2.76. The van der Waals surface area contributed by atoms with Crippen molar-refractivity contribution in [2.24, 2.45) is 0 Å². The Morgan fingerprint density at radius 2 is 1.95 bits per heavy atom. The first kappa shape index (κ1) is 17.9. The standard InChI is InChI=1S/C15H24FNO3S/c1-5-17-11-12-7-6-8-13(16)14(12)20-9-10-21(18,19)15(2,3)4/h6-8,17H,5,9-11H2,1-4H3. The van der Waals surface area contributed by atoms with Crippen LogP contribution in [-0.2, 0) is 16.4 Å². The highest BCUT2D eigenvalue weighted by Crippen LogP contribution is 2.23. The molecule has 0 unspecified atom stereocenters. The monoisotopic (exact) mass is 317 g/mol. The molecule has 21 heavy (non-hydrogen) atoms. The summed E-state index contributed by atoms with van der Waals surface area (Å²) in [7, 11) is -3.27. The second kappa shape index (κ2) is 7.22. The number of hydrogen-bond acceptors (Lipinski definition) is 4. The van der Waals surface area contributed by atoms with Gasteiger partial charge in [0.1, 0.15) is 6.61 Å². The lowest BCUT2D eigenvalue weighted by atomic mass is 10.2. The molecule has 4 nitrogen and oxygen atoms in total. The smallest absolute Gasteiger partial charge is 0.165 e. The Hall–Kier alpha value is -1.14. The van der Waals surface area contributed by atoms with Gasteiger partial charge in [-0.05, 0) is 33.4 Å². The van der Waals surface area contributed by atoms with E-state index in [4.69, 9.17) is 4.74 Å². The van der Waals surface area contributed by atoms with Crippen molar-refractivity contribution in [3.8, 4) is 5.75 Å². The molecule has 1 N–H and O–H groups in total. The minimum absolute atomic E-state index is 0.0559. The number of benzene rings is 1. The maximum atomic E-state index is 13.8. The minimum atomic E-state index is -3.27. The second-order valence-corrected chi connectivity index (χ2v) is 8.65. The number of ether oxygens (including phenoxy) is 1. The minimum Gasteiger partial charge on any atom is -0.489 e. The van der Waals surface area contributed by atoms with Gasteiger partial charge in [-0.15, -0.1) is 0 Å². The quantitative estimate of drug-likeness (QED) is 0.839. The van der Waals surface area contributed by atoms with Gasteiger partial charge in [0, 0.05) is 12.1 Å². The van der Waals surface area contributed by atoms with Crippen LogP contribution in [0.4, 0.5) is 4.39 Å². The molecule has 0 atom stereocenters. The number of halogens is 1. The molecule has 0 aliphatic heterocycles. The summed E-state index contributed by atoms with van der Waals surface area (Å²) < 4.78 is 42.4. The SMILES string of the molecule is CCNCc1cccc(F)c1OCCS(=O)(=O)C(C)(C)C. The molecule has 0 aliphatic carbocycles. The molecular weight excluding hydrogens is 293 g/mol. The van der Waals surface area contributed by atoms with Crippen molar-refractivity contribution in [1.29, 1.82) is 0 Å². The predicted molar refractivity (Wildman–Crippen MR) is 82.8 cm³/mol. The van der Waals surface area contributed by atoms with Crippen LogP contribution >= 0.6 is 0 Å². The second-order valence-electron chi connectivity index (χ2n) is 5.79. The van der Waals surface area contributed by atoms with E-state index < -0.39 is 20.4 Å². The van der Waals surface area contributed by atoms with Crippen molar-refractivity contribution in [3.63, 3.8) is 0 Å². The zero-order valence-electron chi connectivity index (χ0n) is 13.1. The molecule has 0 amide bonds. The highest BCUT2D eigenvalue weighted by Gasteiger charge is 2.28. The van der Waals surface area contributed by atoms with Crippen molar-refractivity contribution >= 4 is 9.84 Å². The van der Waals surface area contributed by atoms with E-state index in [-0.39, 0.29) is 18.1 Å². The van der Waals surface area contributed by atoms with Gasteiger partial charge in [0.05, 0.1) is 10.5 Å². The molecule has 6 heteroatoms. The van der Waals surface area contributed by atoms with E-state index >= 15 is 0 Å². The summed E-state index contributed by atoms with van der Waals surface area (Å²) in [5.74, 6) is -0.480. The van der Waals surface area contributed by atoms with Gasteiger partial charge in [-0.2, -0.15) is 0 Å². The number of rotatable bonds is 7. The molecule has 0 saturated heterocycles. The lowest BCUT2D eigenvalue weighted by molar-refractivity contribution is 0.316. The fraction of sp³-hybridized carbons (Fsp3) is 0.600. The summed E-state index contributed by atoms with van der Waals surface area (Å²) in [6.07, 6.45) is 0. The Kier molecular flexibility index (Phi) is 6.16. The maximum Gasteiger partial charge on any atom is 0.165 e. The van der Waals surface area contributed by atoms with E-state index in [0.717, 1.165) is 6.54 Å². The first-order valence-corrected chi connectivity index (χ1v) is 8.67. The summed E-state index contributed by atoms with van der Waals surface area (Å²) in [6.45, 7) is 8.06. The van der Waals surface area contributed by atoms with E-state index in [1.54, 1.807) is 32.9 Å². The zero-order valence-corrected chi connectivity index (χ0v) is 13.9. The summed E-state index contributed by atoms with van der Waals surface area (Å²) in [5, 5.41) is 3.10. The number of nitrogens with one attached hydrogen (secondary N) is 1. The average molecular weight is 317 g/mol. The fourth-order valence-corrected chi connectivity index (χ4v) is 2.59. The molecule has 0 bridgehead atoms. The molecule has 0 aliphatic rings. The molecule has 0 fully saturated rings. The maximum absolute atomic E-state index is 13.8. The van der Waals surface area contributed by atoms with Crippen LogP contribution < -0.4 is 10.1 Å². The van der Waals surface area contributed by atoms with Crippen LogP contribution in [0.25, 0.3) is 0 Å². The molecule has 0 aromatic heterocycles. The molecule has 0 radical (unpaired) electrons. The lowest BCUT2D eigenvalue weighted by Gasteiger charge is -2.19.